The molecule has 2 aromatic carbocycles. The summed E-state index contributed by atoms with van der Waals surface area (Å²) in [5.41, 5.74) is 2.73. The molecular formula is C18H16ClNO2. The van der Waals surface area contributed by atoms with Gasteiger partial charge in [-0.2, -0.15) is 0 Å². The minimum absolute atomic E-state index is 0.333. The van der Waals surface area contributed by atoms with E-state index >= 15 is 0 Å². The summed E-state index contributed by atoms with van der Waals surface area (Å²) in [6, 6.07) is 19.7. The number of rotatable bonds is 4. The predicted molar refractivity (Wildman–Crippen MR) is 87.4 cm³/mol. The summed E-state index contributed by atoms with van der Waals surface area (Å²) in [5, 5.41) is 3.26. The number of carbonyl (C=O) groups is 1. The zero-order valence-electron chi connectivity index (χ0n) is 12.0. The minimum atomic E-state index is -0.442. The standard InChI is InChI=1S/C18H16ClNO2/c19-16(14-9-5-2-6-10-14)17-15(22-18(21)20-17)12-11-13-7-3-1-4-8-13/h1-10,15H,11-12H2,(H,20,21)/b17-16+. The van der Waals surface area contributed by atoms with Crippen molar-refractivity contribution in [3.63, 3.8) is 0 Å². The van der Waals surface area contributed by atoms with E-state index in [0.717, 1.165) is 12.0 Å². The fourth-order valence-corrected chi connectivity index (χ4v) is 2.78. The second-order valence-corrected chi connectivity index (χ2v) is 5.51. The molecule has 1 aliphatic heterocycles. The van der Waals surface area contributed by atoms with Crippen molar-refractivity contribution >= 4 is 22.7 Å². The van der Waals surface area contributed by atoms with Gasteiger partial charge in [0.15, 0.2) is 0 Å². The third kappa shape index (κ3) is 3.31. The Morgan fingerprint density at radius 3 is 2.36 bits per heavy atom. The van der Waals surface area contributed by atoms with Gasteiger partial charge < -0.3 is 4.74 Å². The number of aryl methyl sites for hydroxylation is 1. The Balaban J connectivity index is 1.79. The summed E-state index contributed by atoms with van der Waals surface area (Å²) < 4.78 is 5.35. The van der Waals surface area contributed by atoms with E-state index in [1.165, 1.54) is 5.56 Å². The van der Waals surface area contributed by atoms with E-state index in [2.05, 4.69) is 17.4 Å². The molecule has 1 saturated heterocycles. The zero-order valence-corrected chi connectivity index (χ0v) is 12.7. The van der Waals surface area contributed by atoms with E-state index in [0.29, 0.717) is 17.2 Å². The molecule has 1 atom stereocenters. The number of halogens is 1. The molecule has 112 valence electrons. The van der Waals surface area contributed by atoms with Crippen molar-refractivity contribution in [3.8, 4) is 0 Å². The summed E-state index contributed by atoms with van der Waals surface area (Å²) in [6.07, 6.45) is 0.743. The quantitative estimate of drug-likeness (QED) is 0.912. The lowest BCUT2D eigenvalue weighted by Crippen LogP contribution is -2.15. The number of hydrogen-bond acceptors (Lipinski definition) is 2. The Bertz CT molecular complexity index is 683. The van der Waals surface area contributed by atoms with Gasteiger partial charge in [0.2, 0.25) is 0 Å². The van der Waals surface area contributed by atoms with Gasteiger partial charge in [-0.1, -0.05) is 72.3 Å². The first-order chi connectivity index (χ1) is 10.7. The largest absolute Gasteiger partial charge is 0.439 e. The third-order valence-corrected chi connectivity index (χ3v) is 4.03. The van der Waals surface area contributed by atoms with Gasteiger partial charge in [0.05, 0.1) is 10.7 Å². The number of amides is 1. The second-order valence-electron chi connectivity index (χ2n) is 5.14. The number of carbonyl (C=O) groups excluding carboxylic acids is 1. The summed E-state index contributed by atoms with van der Waals surface area (Å²) in [5.74, 6) is 0. The highest BCUT2D eigenvalue weighted by molar-refractivity contribution is 6.49. The van der Waals surface area contributed by atoms with Gasteiger partial charge in [0, 0.05) is 0 Å². The number of alkyl carbamates (subject to hydrolysis) is 1. The Morgan fingerprint density at radius 2 is 1.68 bits per heavy atom. The summed E-state index contributed by atoms with van der Waals surface area (Å²) in [6.45, 7) is 0. The maximum Gasteiger partial charge on any atom is 0.412 e. The molecule has 1 heterocycles. The van der Waals surface area contributed by atoms with Gasteiger partial charge in [-0.05, 0) is 24.0 Å². The van der Waals surface area contributed by atoms with Crippen LogP contribution in [0.4, 0.5) is 4.79 Å². The highest BCUT2D eigenvalue weighted by Gasteiger charge is 2.30. The molecule has 0 saturated carbocycles. The van der Waals surface area contributed by atoms with E-state index < -0.39 is 6.09 Å². The normalized spacial score (nSPS) is 19.5. The Kier molecular flexibility index (Phi) is 4.45. The molecular weight excluding hydrogens is 298 g/mol. The van der Waals surface area contributed by atoms with Crippen molar-refractivity contribution in [2.75, 3.05) is 0 Å². The van der Waals surface area contributed by atoms with Crippen LogP contribution in [0.1, 0.15) is 17.5 Å². The van der Waals surface area contributed by atoms with Crippen LogP contribution in [0.2, 0.25) is 0 Å². The lowest BCUT2D eigenvalue weighted by Gasteiger charge is -2.12. The molecule has 1 fully saturated rings. The number of nitrogens with one attached hydrogen (secondary N) is 1. The lowest BCUT2D eigenvalue weighted by molar-refractivity contribution is 0.141. The van der Waals surface area contributed by atoms with Crippen LogP contribution >= 0.6 is 11.6 Å². The molecule has 22 heavy (non-hydrogen) atoms. The number of hydrogen-bond donors (Lipinski definition) is 1. The van der Waals surface area contributed by atoms with Crippen molar-refractivity contribution in [3.05, 3.63) is 77.5 Å². The second kappa shape index (κ2) is 6.67. The van der Waals surface area contributed by atoms with Crippen LogP contribution in [0.25, 0.3) is 5.03 Å². The van der Waals surface area contributed by atoms with Crippen molar-refractivity contribution in [1.29, 1.82) is 0 Å². The van der Waals surface area contributed by atoms with E-state index in [1.54, 1.807) is 0 Å². The van der Waals surface area contributed by atoms with E-state index in [4.69, 9.17) is 16.3 Å². The van der Waals surface area contributed by atoms with E-state index in [9.17, 15) is 4.79 Å². The van der Waals surface area contributed by atoms with Gasteiger partial charge in [0.25, 0.3) is 0 Å². The molecule has 1 N–H and O–H groups in total. The SMILES string of the molecule is O=C1N/C(=C(/Cl)c2ccccc2)C(CCc2ccccc2)O1. The van der Waals surface area contributed by atoms with Crippen LogP contribution in [-0.2, 0) is 11.2 Å². The topological polar surface area (TPSA) is 38.3 Å². The summed E-state index contributed by atoms with van der Waals surface area (Å²) in [4.78, 5) is 11.6. The molecule has 1 amide bonds. The van der Waals surface area contributed by atoms with Crippen molar-refractivity contribution in [2.24, 2.45) is 0 Å². The molecule has 0 spiro atoms. The maximum absolute atomic E-state index is 11.6. The molecule has 3 nitrogen and oxygen atoms in total. The maximum atomic E-state index is 11.6. The highest BCUT2D eigenvalue weighted by Crippen LogP contribution is 2.29. The van der Waals surface area contributed by atoms with Crippen molar-refractivity contribution in [2.45, 2.75) is 18.9 Å². The lowest BCUT2D eigenvalue weighted by atomic mass is 10.0. The van der Waals surface area contributed by atoms with Crippen LogP contribution in [0.15, 0.2) is 66.4 Å². The Labute approximate surface area is 134 Å². The number of cyclic esters (lactones) is 1. The predicted octanol–water partition coefficient (Wildman–Crippen LogP) is 4.34. The first-order valence-electron chi connectivity index (χ1n) is 7.20. The van der Waals surface area contributed by atoms with Crippen LogP contribution in [0.5, 0.6) is 0 Å². The van der Waals surface area contributed by atoms with Crippen LogP contribution in [0, 0.1) is 0 Å². The fourth-order valence-electron chi connectivity index (χ4n) is 2.49. The van der Waals surface area contributed by atoms with Crippen molar-refractivity contribution in [1.82, 2.24) is 5.32 Å². The van der Waals surface area contributed by atoms with Crippen LogP contribution < -0.4 is 5.32 Å². The van der Waals surface area contributed by atoms with Crippen molar-refractivity contribution < 1.29 is 9.53 Å². The molecule has 2 aromatic rings. The van der Waals surface area contributed by atoms with Gasteiger partial charge in [0.1, 0.15) is 6.10 Å². The average molecular weight is 314 g/mol. The molecule has 0 radical (unpaired) electrons. The average Bonchev–Trinajstić information content (AvgIpc) is 2.95. The van der Waals surface area contributed by atoms with E-state index in [-0.39, 0.29) is 6.10 Å². The first kappa shape index (κ1) is 14.7. The molecule has 1 unspecified atom stereocenters. The molecule has 0 bridgehead atoms. The Hall–Kier alpha value is -2.26. The highest BCUT2D eigenvalue weighted by atomic mass is 35.5. The van der Waals surface area contributed by atoms with Gasteiger partial charge in [-0.25, -0.2) is 4.79 Å². The monoisotopic (exact) mass is 313 g/mol. The fraction of sp³-hybridized carbons (Fsp3) is 0.167. The zero-order chi connectivity index (χ0) is 15.4. The van der Waals surface area contributed by atoms with Gasteiger partial charge in [-0.3, -0.25) is 5.32 Å². The molecule has 1 aliphatic rings. The molecule has 0 aliphatic carbocycles. The molecule has 0 aromatic heterocycles. The van der Waals surface area contributed by atoms with Crippen LogP contribution in [-0.4, -0.2) is 12.2 Å². The molecule has 4 heteroatoms. The molecule has 3 rings (SSSR count). The number of ether oxygens (including phenoxy) is 1. The minimum Gasteiger partial charge on any atom is -0.439 e. The summed E-state index contributed by atoms with van der Waals surface area (Å²) in [7, 11) is 0. The van der Waals surface area contributed by atoms with Gasteiger partial charge >= 0.3 is 6.09 Å². The number of benzene rings is 2. The Morgan fingerprint density at radius 1 is 1.05 bits per heavy atom. The first-order valence-corrected chi connectivity index (χ1v) is 7.58. The smallest absolute Gasteiger partial charge is 0.412 e. The van der Waals surface area contributed by atoms with Gasteiger partial charge in [-0.15, -0.1) is 0 Å². The third-order valence-electron chi connectivity index (χ3n) is 3.61. The van der Waals surface area contributed by atoms with E-state index in [1.807, 2.05) is 48.5 Å². The summed E-state index contributed by atoms with van der Waals surface area (Å²) >= 11 is 6.44. The van der Waals surface area contributed by atoms with Crippen LogP contribution in [0.3, 0.4) is 0 Å².